The van der Waals surface area contributed by atoms with Crippen molar-refractivity contribution in [1.82, 2.24) is 20.2 Å². The molecule has 0 spiro atoms. The first-order valence-electron chi connectivity index (χ1n) is 8.02. The minimum atomic E-state index is -0.150. The summed E-state index contributed by atoms with van der Waals surface area (Å²) in [6, 6.07) is 13.3. The van der Waals surface area contributed by atoms with Crippen molar-refractivity contribution in [3.63, 3.8) is 0 Å². The van der Waals surface area contributed by atoms with Gasteiger partial charge in [-0.3, -0.25) is 4.79 Å². The molecule has 0 bridgehead atoms. The van der Waals surface area contributed by atoms with Gasteiger partial charge in [-0.05, 0) is 71.4 Å². The molecule has 0 aliphatic rings. The van der Waals surface area contributed by atoms with Gasteiger partial charge in [0.05, 0.1) is 11.4 Å². The topological polar surface area (TPSA) is 96.5 Å². The van der Waals surface area contributed by atoms with Crippen molar-refractivity contribution in [2.45, 2.75) is 23.9 Å². The zero-order valence-electron chi connectivity index (χ0n) is 14.7. The minimum Gasteiger partial charge on any atom is -0.325 e. The van der Waals surface area contributed by atoms with Gasteiger partial charge in [-0.1, -0.05) is 30.0 Å². The molecule has 0 aliphatic heterocycles. The molecule has 27 heavy (non-hydrogen) atoms. The summed E-state index contributed by atoms with van der Waals surface area (Å²) in [5.74, 6) is 0.0311. The molecule has 0 unspecified atom stereocenters. The van der Waals surface area contributed by atoms with E-state index in [1.165, 1.54) is 11.8 Å². The largest absolute Gasteiger partial charge is 0.325 e. The van der Waals surface area contributed by atoms with Crippen molar-refractivity contribution in [2.75, 3.05) is 11.1 Å². The van der Waals surface area contributed by atoms with Crippen LogP contribution in [-0.2, 0) is 4.79 Å². The molecule has 0 aliphatic carbocycles. The number of hydrogen-bond donors (Lipinski definition) is 1. The summed E-state index contributed by atoms with van der Waals surface area (Å²) in [6.07, 6.45) is 0. The van der Waals surface area contributed by atoms with Crippen molar-refractivity contribution in [2.24, 2.45) is 0 Å². The number of thiocyanates is 1. The number of nitrogens with one attached hydrogen (secondary N) is 1. The Balaban J connectivity index is 1.65. The number of anilines is 1. The van der Waals surface area contributed by atoms with Gasteiger partial charge in [0.25, 0.3) is 0 Å². The average Bonchev–Trinajstić information content (AvgIpc) is 3.11. The Hall–Kier alpha value is -2.83. The van der Waals surface area contributed by atoms with Gasteiger partial charge in [-0.25, -0.2) is 0 Å². The molecule has 3 aromatic rings. The van der Waals surface area contributed by atoms with Crippen LogP contribution < -0.4 is 5.32 Å². The lowest BCUT2D eigenvalue weighted by atomic mass is 10.2. The van der Waals surface area contributed by atoms with E-state index in [0.717, 1.165) is 39.2 Å². The normalized spacial score (nSPS) is 10.4. The van der Waals surface area contributed by atoms with Crippen LogP contribution in [0.4, 0.5) is 5.69 Å². The third-order valence-electron chi connectivity index (χ3n) is 3.75. The van der Waals surface area contributed by atoms with Gasteiger partial charge in [-0.15, -0.1) is 5.10 Å². The molecular weight excluding hydrogens is 380 g/mol. The second kappa shape index (κ2) is 8.70. The highest BCUT2D eigenvalue weighted by Gasteiger charge is 2.13. The monoisotopic (exact) mass is 396 g/mol. The molecule has 7 nitrogen and oxygen atoms in total. The number of aromatic nitrogens is 4. The van der Waals surface area contributed by atoms with Crippen molar-refractivity contribution in [3.8, 4) is 11.1 Å². The number of benzene rings is 2. The maximum absolute atomic E-state index is 12.3. The van der Waals surface area contributed by atoms with E-state index in [0.29, 0.717) is 5.16 Å². The van der Waals surface area contributed by atoms with E-state index in [1.54, 1.807) is 10.7 Å². The number of tetrazole rings is 1. The van der Waals surface area contributed by atoms with Gasteiger partial charge in [0, 0.05) is 10.6 Å². The van der Waals surface area contributed by atoms with Crippen LogP contribution in [0.5, 0.6) is 0 Å². The van der Waals surface area contributed by atoms with Crippen molar-refractivity contribution in [3.05, 3.63) is 53.6 Å². The molecule has 3 rings (SSSR count). The lowest BCUT2D eigenvalue weighted by Gasteiger charge is -2.09. The zero-order chi connectivity index (χ0) is 19.2. The Kier molecular flexibility index (Phi) is 6.11. The maximum atomic E-state index is 12.3. The van der Waals surface area contributed by atoms with E-state index in [4.69, 9.17) is 5.26 Å². The van der Waals surface area contributed by atoms with E-state index in [9.17, 15) is 4.79 Å². The van der Waals surface area contributed by atoms with E-state index in [2.05, 4.69) is 20.8 Å². The van der Waals surface area contributed by atoms with Crippen LogP contribution in [-0.4, -0.2) is 31.9 Å². The van der Waals surface area contributed by atoms with Gasteiger partial charge >= 0.3 is 0 Å². The van der Waals surface area contributed by atoms with Crippen LogP contribution in [0.1, 0.15) is 11.1 Å². The highest BCUT2D eigenvalue weighted by molar-refractivity contribution is 8.03. The van der Waals surface area contributed by atoms with Crippen LogP contribution >= 0.6 is 23.5 Å². The quantitative estimate of drug-likeness (QED) is 0.502. The molecule has 1 N–H and O–H groups in total. The lowest BCUT2D eigenvalue weighted by Crippen LogP contribution is -2.15. The number of aryl methyl sites for hydroxylation is 2. The minimum absolute atomic E-state index is 0.150. The molecule has 0 atom stereocenters. The van der Waals surface area contributed by atoms with Crippen LogP contribution in [0.25, 0.3) is 5.69 Å². The second-order valence-corrected chi connectivity index (χ2v) is 7.47. The summed E-state index contributed by atoms with van der Waals surface area (Å²) in [4.78, 5) is 13.2. The first kappa shape index (κ1) is 18.9. The molecule has 2 aromatic carbocycles. The first-order chi connectivity index (χ1) is 13.1. The highest BCUT2D eigenvalue weighted by atomic mass is 32.2. The van der Waals surface area contributed by atoms with E-state index in [-0.39, 0.29) is 11.7 Å². The fourth-order valence-corrected chi connectivity index (χ4v) is 3.59. The standard InChI is InChI=1S/C18H16N6OS2/c1-12-5-3-4-6-16(12)24-18(21-22-23-24)26-10-17(25)20-15-8-7-14(27-11-19)9-13(15)2/h3-9H,10H2,1-2H3,(H,20,25). The molecule has 1 aromatic heterocycles. The van der Waals surface area contributed by atoms with Gasteiger partial charge in [0.1, 0.15) is 5.40 Å². The van der Waals surface area contributed by atoms with Crippen molar-refractivity contribution in [1.29, 1.82) is 5.26 Å². The molecule has 0 fully saturated rings. The number of carbonyl (C=O) groups excluding carboxylic acids is 1. The number of thioether (sulfide) groups is 2. The number of carbonyl (C=O) groups is 1. The second-order valence-electron chi connectivity index (χ2n) is 5.67. The van der Waals surface area contributed by atoms with E-state index >= 15 is 0 Å². The summed E-state index contributed by atoms with van der Waals surface area (Å²) >= 11 is 2.36. The fourth-order valence-electron chi connectivity index (χ4n) is 2.43. The number of hydrogen-bond acceptors (Lipinski definition) is 7. The SMILES string of the molecule is Cc1cc(SC#N)ccc1NC(=O)CSc1nnnn1-c1ccccc1C. The molecule has 9 heteroatoms. The van der Waals surface area contributed by atoms with E-state index < -0.39 is 0 Å². The van der Waals surface area contributed by atoms with Gasteiger partial charge in [0.15, 0.2) is 0 Å². The van der Waals surface area contributed by atoms with Crippen LogP contribution in [0.3, 0.4) is 0 Å². The Labute approximate surface area is 165 Å². The van der Waals surface area contributed by atoms with E-state index in [1.807, 2.05) is 55.6 Å². The lowest BCUT2D eigenvalue weighted by molar-refractivity contribution is -0.113. The summed E-state index contributed by atoms with van der Waals surface area (Å²) in [7, 11) is 0. The Morgan fingerprint density at radius 3 is 2.78 bits per heavy atom. The predicted molar refractivity (Wildman–Crippen MR) is 106 cm³/mol. The fraction of sp³-hybridized carbons (Fsp3) is 0.167. The first-order valence-corrected chi connectivity index (χ1v) is 9.82. The third kappa shape index (κ3) is 4.67. The third-order valence-corrected chi connectivity index (χ3v) is 5.25. The smallest absolute Gasteiger partial charge is 0.234 e. The van der Waals surface area contributed by atoms with Gasteiger partial charge < -0.3 is 5.32 Å². The Morgan fingerprint density at radius 2 is 2.04 bits per heavy atom. The number of para-hydroxylation sites is 1. The Morgan fingerprint density at radius 1 is 1.22 bits per heavy atom. The van der Waals surface area contributed by atoms with Gasteiger partial charge in [-0.2, -0.15) is 9.94 Å². The number of nitriles is 1. The molecule has 1 amide bonds. The summed E-state index contributed by atoms with van der Waals surface area (Å²) in [6.45, 7) is 3.87. The van der Waals surface area contributed by atoms with Crippen molar-refractivity contribution >= 4 is 35.1 Å². The number of nitrogens with zero attached hydrogens (tertiary/aromatic N) is 5. The molecule has 0 saturated heterocycles. The van der Waals surface area contributed by atoms with Crippen LogP contribution in [0, 0.1) is 24.5 Å². The summed E-state index contributed by atoms with van der Waals surface area (Å²) < 4.78 is 1.63. The maximum Gasteiger partial charge on any atom is 0.234 e. The molecule has 0 saturated carbocycles. The predicted octanol–water partition coefficient (Wildman–Crippen LogP) is 3.58. The molecule has 0 radical (unpaired) electrons. The molecule has 136 valence electrons. The zero-order valence-corrected chi connectivity index (χ0v) is 16.3. The Bertz CT molecular complexity index is 1010. The molecular formula is C18H16N6OS2. The summed E-state index contributed by atoms with van der Waals surface area (Å²) in [5, 5.41) is 26.0. The average molecular weight is 397 g/mol. The van der Waals surface area contributed by atoms with Crippen molar-refractivity contribution < 1.29 is 4.79 Å². The van der Waals surface area contributed by atoms with Crippen LogP contribution in [0.2, 0.25) is 0 Å². The molecule has 1 heterocycles. The highest BCUT2D eigenvalue weighted by Crippen LogP contribution is 2.24. The number of amides is 1. The number of rotatable bonds is 6. The van der Waals surface area contributed by atoms with Gasteiger partial charge in [0.2, 0.25) is 11.1 Å². The summed E-state index contributed by atoms with van der Waals surface area (Å²) in [5.41, 5.74) is 3.55. The van der Waals surface area contributed by atoms with Crippen LogP contribution in [0.15, 0.2) is 52.5 Å².